The van der Waals surface area contributed by atoms with Crippen molar-refractivity contribution in [3.63, 3.8) is 0 Å². The van der Waals surface area contributed by atoms with Crippen molar-refractivity contribution in [3.05, 3.63) is 0 Å². The van der Waals surface area contributed by atoms with E-state index < -0.39 is 24.3 Å². The highest BCUT2D eigenvalue weighted by atomic mass is 16.7. The molecule has 90 valence electrons. The molecule has 1 aliphatic heterocycles. The molecule has 6 heteroatoms. The average Bonchev–Trinajstić information content (AvgIpc) is 2.30. The Morgan fingerprint density at radius 3 is 3.12 bits per heavy atom. The van der Waals surface area contributed by atoms with Crippen molar-refractivity contribution in [2.75, 3.05) is 6.61 Å². The van der Waals surface area contributed by atoms with E-state index in [9.17, 15) is 14.4 Å². The number of nitrogens with one attached hydrogen (secondary N) is 1. The van der Waals surface area contributed by atoms with E-state index in [0.717, 1.165) is 5.06 Å². The van der Waals surface area contributed by atoms with E-state index >= 15 is 0 Å². The summed E-state index contributed by atoms with van der Waals surface area (Å²) in [4.78, 5) is 39.0. The van der Waals surface area contributed by atoms with Crippen molar-refractivity contribution in [3.8, 4) is 0 Å². The zero-order valence-electron chi connectivity index (χ0n) is 10.4. The van der Waals surface area contributed by atoms with Crippen LogP contribution in [0.25, 0.3) is 0 Å². The molecule has 1 N–H and O–H groups in total. The molecule has 0 aromatic rings. The molecule has 2 amide bonds. The summed E-state index contributed by atoms with van der Waals surface area (Å²) in [7, 11) is 0. The van der Waals surface area contributed by atoms with Crippen molar-refractivity contribution < 1.29 is 20.6 Å². The van der Waals surface area contributed by atoms with Crippen LogP contribution >= 0.6 is 0 Å². The van der Waals surface area contributed by atoms with Gasteiger partial charge in [0.05, 0.1) is 6.61 Å². The molecule has 1 aliphatic rings. The van der Waals surface area contributed by atoms with Gasteiger partial charge in [0.25, 0.3) is 5.91 Å². The molecule has 0 aromatic heterocycles. The van der Waals surface area contributed by atoms with Crippen LogP contribution in [0.1, 0.15) is 28.1 Å². The minimum absolute atomic E-state index is 0.227. The van der Waals surface area contributed by atoms with Crippen LogP contribution in [0.3, 0.4) is 0 Å². The van der Waals surface area contributed by atoms with Gasteiger partial charge in [0, 0.05) is 12.8 Å². The lowest BCUT2D eigenvalue weighted by Crippen LogP contribution is -2.55. The maximum absolute atomic E-state index is 11.9. The number of rotatable bonds is 4. The fourth-order valence-electron chi connectivity index (χ4n) is 1.39. The number of hydroxylamine groups is 2. The SMILES string of the molecule is [2H]C(=O)C(C)N1OCCC(NC(=O)CC)C1=O. The minimum atomic E-state index is -0.955. The quantitative estimate of drug-likeness (QED) is 0.667. The first-order valence-corrected chi connectivity index (χ1v) is 5.23. The highest BCUT2D eigenvalue weighted by Gasteiger charge is 2.33. The zero-order valence-corrected chi connectivity index (χ0v) is 9.36. The number of hydrogen-bond donors (Lipinski definition) is 1. The number of aldehydes is 1. The van der Waals surface area contributed by atoms with Crippen LogP contribution in [0.15, 0.2) is 0 Å². The van der Waals surface area contributed by atoms with Crippen LogP contribution in [0, 0.1) is 0 Å². The van der Waals surface area contributed by atoms with Gasteiger partial charge >= 0.3 is 0 Å². The number of hydrogen-bond acceptors (Lipinski definition) is 4. The first kappa shape index (κ1) is 11.1. The van der Waals surface area contributed by atoms with E-state index in [1.165, 1.54) is 6.92 Å². The first-order chi connectivity index (χ1) is 7.97. The summed E-state index contributed by atoms with van der Waals surface area (Å²) < 4.78 is 6.95. The second kappa shape index (κ2) is 5.60. The number of carbonyl (C=O) groups excluding carboxylic acids is 3. The highest BCUT2D eigenvalue weighted by molar-refractivity contribution is 5.88. The summed E-state index contributed by atoms with van der Waals surface area (Å²) >= 11 is 0. The molecular formula is C10H16N2O4. The molecule has 0 aliphatic carbocycles. The third-order valence-electron chi connectivity index (χ3n) is 2.33. The Morgan fingerprint density at radius 2 is 2.56 bits per heavy atom. The van der Waals surface area contributed by atoms with Crippen LogP contribution in [0.2, 0.25) is 0 Å². The third kappa shape index (κ3) is 2.79. The van der Waals surface area contributed by atoms with Crippen molar-refractivity contribution >= 4 is 18.1 Å². The fraction of sp³-hybridized carbons (Fsp3) is 0.700. The van der Waals surface area contributed by atoms with Gasteiger partial charge in [-0.3, -0.25) is 14.4 Å². The van der Waals surface area contributed by atoms with Crippen molar-refractivity contribution in [1.82, 2.24) is 10.4 Å². The Labute approximate surface area is 95.3 Å². The molecule has 1 heterocycles. The second-order valence-corrected chi connectivity index (χ2v) is 3.55. The molecule has 16 heavy (non-hydrogen) atoms. The molecule has 0 spiro atoms. The van der Waals surface area contributed by atoms with E-state index in [-0.39, 0.29) is 18.9 Å². The summed E-state index contributed by atoms with van der Waals surface area (Å²) in [5.41, 5.74) is 0. The Kier molecular flexibility index (Phi) is 3.87. The lowest BCUT2D eigenvalue weighted by atomic mass is 10.1. The molecule has 1 fully saturated rings. The van der Waals surface area contributed by atoms with Gasteiger partial charge < -0.3 is 10.1 Å². The Bertz CT molecular complexity index is 334. The van der Waals surface area contributed by atoms with Crippen molar-refractivity contribution in [2.45, 2.75) is 38.8 Å². The van der Waals surface area contributed by atoms with Gasteiger partial charge in [-0.1, -0.05) is 6.92 Å². The van der Waals surface area contributed by atoms with Gasteiger partial charge in [-0.25, -0.2) is 5.06 Å². The number of nitrogens with zero attached hydrogens (tertiary/aromatic N) is 1. The van der Waals surface area contributed by atoms with E-state index in [1.54, 1.807) is 6.92 Å². The molecule has 0 aromatic carbocycles. The zero-order chi connectivity index (χ0) is 13.0. The van der Waals surface area contributed by atoms with Crippen LogP contribution in [-0.2, 0) is 19.2 Å². The van der Waals surface area contributed by atoms with Crippen molar-refractivity contribution in [1.29, 1.82) is 0 Å². The first-order valence-electron chi connectivity index (χ1n) is 5.73. The second-order valence-electron chi connectivity index (χ2n) is 3.55. The molecule has 0 bridgehead atoms. The lowest BCUT2D eigenvalue weighted by molar-refractivity contribution is -0.212. The van der Waals surface area contributed by atoms with Gasteiger partial charge in [-0.15, -0.1) is 0 Å². The Morgan fingerprint density at radius 1 is 1.88 bits per heavy atom. The maximum Gasteiger partial charge on any atom is 0.269 e. The Hall–Kier alpha value is -1.43. The van der Waals surface area contributed by atoms with E-state index in [2.05, 4.69) is 5.32 Å². The lowest BCUT2D eigenvalue weighted by Gasteiger charge is -2.33. The van der Waals surface area contributed by atoms with E-state index in [4.69, 9.17) is 6.21 Å². The van der Waals surface area contributed by atoms with Crippen LogP contribution in [-0.4, -0.2) is 41.8 Å². The summed E-state index contributed by atoms with van der Waals surface area (Å²) in [6, 6.07) is -1.62. The van der Waals surface area contributed by atoms with Crippen molar-refractivity contribution in [2.24, 2.45) is 0 Å². The normalized spacial score (nSPS) is 23.6. The topological polar surface area (TPSA) is 75.7 Å². The van der Waals surface area contributed by atoms with Gasteiger partial charge in [0.1, 0.15) is 19.7 Å². The average molecular weight is 229 g/mol. The predicted octanol–water partition coefficient (Wildman–Crippen LogP) is -0.368. The van der Waals surface area contributed by atoms with Crippen LogP contribution in [0.5, 0.6) is 0 Å². The minimum Gasteiger partial charge on any atom is -0.344 e. The van der Waals surface area contributed by atoms with Gasteiger partial charge in [-0.05, 0) is 6.92 Å². The number of carbonyl (C=O) groups is 3. The summed E-state index contributed by atoms with van der Waals surface area (Å²) in [5.74, 6) is -0.707. The molecule has 0 radical (unpaired) electrons. The van der Waals surface area contributed by atoms with Gasteiger partial charge in [0.15, 0.2) is 0 Å². The molecule has 6 nitrogen and oxygen atoms in total. The molecule has 1 rings (SSSR count). The molecule has 1 saturated heterocycles. The molecular weight excluding hydrogens is 212 g/mol. The van der Waals surface area contributed by atoms with Gasteiger partial charge in [0.2, 0.25) is 5.91 Å². The molecule has 2 unspecified atom stereocenters. The predicted molar refractivity (Wildman–Crippen MR) is 55.2 cm³/mol. The highest BCUT2D eigenvalue weighted by Crippen LogP contribution is 2.11. The molecule has 2 atom stereocenters. The fourth-order valence-corrected chi connectivity index (χ4v) is 1.39. The smallest absolute Gasteiger partial charge is 0.269 e. The summed E-state index contributed by atoms with van der Waals surface area (Å²) in [5, 5.41) is 3.43. The largest absolute Gasteiger partial charge is 0.344 e. The third-order valence-corrected chi connectivity index (χ3v) is 2.33. The summed E-state index contributed by atoms with van der Waals surface area (Å²) in [6.07, 6.45) is -0.238. The molecule has 0 saturated carbocycles. The maximum atomic E-state index is 11.9. The van der Waals surface area contributed by atoms with Crippen LogP contribution < -0.4 is 5.32 Å². The monoisotopic (exact) mass is 229 g/mol. The van der Waals surface area contributed by atoms with E-state index in [0.29, 0.717) is 6.42 Å². The standard InChI is InChI=1S/C10H16N2O4/c1-3-9(14)11-8-4-5-16-12(10(8)15)7(2)6-13/h6-8H,3-5H2,1-2H3,(H,11,14)/i6D. The van der Waals surface area contributed by atoms with Gasteiger partial charge in [-0.2, -0.15) is 0 Å². The van der Waals surface area contributed by atoms with E-state index in [1.807, 2.05) is 0 Å². The Balaban J connectivity index is 2.68. The van der Waals surface area contributed by atoms with Crippen LogP contribution in [0.4, 0.5) is 0 Å². The summed E-state index contributed by atoms with van der Waals surface area (Å²) in [6.45, 7) is 3.34. The number of amides is 2.